The van der Waals surface area contributed by atoms with Crippen molar-refractivity contribution < 1.29 is 9.53 Å². The van der Waals surface area contributed by atoms with Crippen LogP contribution < -0.4 is 10.2 Å². The summed E-state index contributed by atoms with van der Waals surface area (Å²) in [5, 5.41) is 2.74. The number of hydrogen-bond acceptors (Lipinski definition) is 5. The van der Waals surface area contributed by atoms with Gasteiger partial charge in [-0.1, -0.05) is 30.3 Å². The molecule has 0 fully saturated rings. The maximum absolute atomic E-state index is 11.9. The molecule has 0 aliphatic rings. The first-order valence-corrected chi connectivity index (χ1v) is 7.62. The summed E-state index contributed by atoms with van der Waals surface area (Å²) in [5.74, 6) is 0.421. The Morgan fingerprint density at radius 3 is 2.52 bits per heavy atom. The van der Waals surface area contributed by atoms with Crippen molar-refractivity contribution >= 4 is 11.9 Å². The largest absolute Gasteiger partial charge is 0.383 e. The molecule has 0 saturated heterocycles. The molecule has 23 heavy (non-hydrogen) atoms. The number of carbonyl (C=O) groups excluding carboxylic acids is 1. The number of benzene rings is 1. The van der Waals surface area contributed by atoms with E-state index in [-0.39, 0.29) is 5.91 Å². The van der Waals surface area contributed by atoms with Crippen molar-refractivity contribution in [1.29, 1.82) is 0 Å². The second kappa shape index (κ2) is 8.85. The summed E-state index contributed by atoms with van der Waals surface area (Å²) >= 11 is 0. The van der Waals surface area contributed by atoms with E-state index in [0.717, 1.165) is 13.1 Å². The van der Waals surface area contributed by atoms with Crippen molar-refractivity contribution in [2.75, 3.05) is 31.7 Å². The molecule has 0 atom stereocenters. The Bertz CT molecular complexity index is 602. The van der Waals surface area contributed by atoms with Gasteiger partial charge in [-0.3, -0.25) is 4.79 Å². The normalized spacial score (nSPS) is 10.3. The predicted octanol–water partition coefficient (Wildman–Crippen LogP) is 1.88. The van der Waals surface area contributed by atoms with E-state index < -0.39 is 0 Å². The summed E-state index contributed by atoms with van der Waals surface area (Å²) in [6.07, 6.45) is 3.11. The van der Waals surface area contributed by atoms with Gasteiger partial charge in [0.2, 0.25) is 5.95 Å². The van der Waals surface area contributed by atoms with Crippen molar-refractivity contribution in [1.82, 2.24) is 15.3 Å². The second-order valence-electron chi connectivity index (χ2n) is 5.02. The van der Waals surface area contributed by atoms with Crippen molar-refractivity contribution in [3.63, 3.8) is 0 Å². The smallest absolute Gasteiger partial charge is 0.254 e. The Labute approximate surface area is 136 Å². The van der Waals surface area contributed by atoms with Gasteiger partial charge in [0.25, 0.3) is 5.91 Å². The molecule has 1 heterocycles. The number of carbonyl (C=O) groups is 1. The van der Waals surface area contributed by atoms with Gasteiger partial charge in [0.05, 0.1) is 12.2 Å². The molecule has 0 saturated carbocycles. The van der Waals surface area contributed by atoms with Crippen LogP contribution in [0.5, 0.6) is 0 Å². The van der Waals surface area contributed by atoms with Crippen molar-refractivity contribution in [3.05, 3.63) is 53.9 Å². The molecule has 1 N–H and O–H groups in total. The van der Waals surface area contributed by atoms with Gasteiger partial charge in [-0.2, -0.15) is 0 Å². The molecular formula is C17H22N4O2. The fourth-order valence-electron chi connectivity index (χ4n) is 2.10. The third kappa shape index (κ3) is 5.03. The number of amides is 1. The van der Waals surface area contributed by atoms with Gasteiger partial charge in [0.1, 0.15) is 0 Å². The molecule has 1 aromatic carbocycles. The first-order chi connectivity index (χ1) is 11.2. The maximum Gasteiger partial charge on any atom is 0.254 e. The number of methoxy groups -OCH3 is 1. The minimum atomic E-state index is -0.195. The molecule has 0 spiro atoms. The Morgan fingerprint density at radius 2 is 1.91 bits per heavy atom. The molecule has 122 valence electrons. The van der Waals surface area contributed by atoms with Gasteiger partial charge < -0.3 is 15.0 Å². The molecule has 6 heteroatoms. The molecule has 0 bridgehead atoms. The number of hydrogen-bond donors (Lipinski definition) is 1. The number of anilines is 1. The third-order valence-corrected chi connectivity index (χ3v) is 3.37. The highest BCUT2D eigenvalue weighted by Crippen LogP contribution is 2.11. The lowest BCUT2D eigenvalue weighted by molar-refractivity contribution is 0.0936. The monoisotopic (exact) mass is 314 g/mol. The Balaban J connectivity index is 2.00. The molecule has 6 nitrogen and oxygen atoms in total. The lowest BCUT2D eigenvalue weighted by Gasteiger charge is -2.20. The van der Waals surface area contributed by atoms with Crippen LogP contribution in [0.3, 0.4) is 0 Å². The van der Waals surface area contributed by atoms with Crippen LogP contribution in [0.25, 0.3) is 0 Å². The van der Waals surface area contributed by atoms with E-state index in [1.807, 2.05) is 18.2 Å². The Hall–Kier alpha value is -2.47. The Morgan fingerprint density at radius 1 is 1.22 bits per heavy atom. The van der Waals surface area contributed by atoms with Gasteiger partial charge in [-0.15, -0.1) is 0 Å². The zero-order valence-corrected chi connectivity index (χ0v) is 13.5. The first-order valence-electron chi connectivity index (χ1n) is 7.62. The van der Waals surface area contributed by atoms with Gasteiger partial charge in [0.15, 0.2) is 0 Å². The van der Waals surface area contributed by atoms with E-state index in [4.69, 9.17) is 4.74 Å². The van der Waals surface area contributed by atoms with Crippen molar-refractivity contribution in [3.8, 4) is 0 Å². The second-order valence-corrected chi connectivity index (χ2v) is 5.02. The number of nitrogens with zero attached hydrogens (tertiary/aromatic N) is 3. The summed E-state index contributed by atoms with van der Waals surface area (Å²) in [5.41, 5.74) is 1.64. The first kappa shape index (κ1) is 16.9. The average Bonchev–Trinajstić information content (AvgIpc) is 2.61. The molecular weight excluding hydrogens is 292 g/mol. The lowest BCUT2D eigenvalue weighted by atomic mass is 10.2. The van der Waals surface area contributed by atoms with Crippen LogP contribution in [0, 0.1) is 0 Å². The fourth-order valence-corrected chi connectivity index (χ4v) is 2.10. The predicted molar refractivity (Wildman–Crippen MR) is 89.4 cm³/mol. The SMILES string of the molecule is CCN(Cc1ccccc1)c1ncc(C(=O)NCCOC)cn1. The van der Waals surface area contributed by atoms with Crippen LogP contribution in [0.4, 0.5) is 5.95 Å². The third-order valence-electron chi connectivity index (χ3n) is 3.37. The highest BCUT2D eigenvalue weighted by atomic mass is 16.5. The van der Waals surface area contributed by atoms with E-state index >= 15 is 0 Å². The molecule has 1 aromatic heterocycles. The summed E-state index contributed by atoms with van der Waals surface area (Å²) < 4.78 is 4.90. The average molecular weight is 314 g/mol. The highest BCUT2D eigenvalue weighted by molar-refractivity contribution is 5.93. The number of nitrogens with one attached hydrogen (secondary N) is 1. The van der Waals surface area contributed by atoms with E-state index in [1.165, 1.54) is 5.56 Å². The van der Waals surface area contributed by atoms with Crippen LogP contribution in [0.2, 0.25) is 0 Å². The number of aromatic nitrogens is 2. The standard InChI is InChI=1S/C17H22N4O2/c1-3-21(13-14-7-5-4-6-8-14)17-19-11-15(12-20-17)16(22)18-9-10-23-2/h4-8,11-12H,3,9-10,13H2,1-2H3,(H,18,22). The van der Waals surface area contributed by atoms with Crippen LogP contribution in [0.1, 0.15) is 22.8 Å². The molecule has 2 rings (SSSR count). The summed E-state index contributed by atoms with van der Waals surface area (Å²) in [4.78, 5) is 22.6. The molecule has 0 unspecified atom stereocenters. The number of rotatable bonds is 8. The van der Waals surface area contributed by atoms with Gasteiger partial charge in [0, 0.05) is 39.1 Å². The number of ether oxygens (including phenoxy) is 1. The van der Waals surface area contributed by atoms with Crippen LogP contribution >= 0.6 is 0 Å². The van der Waals surface area contributed by atoms with Crippen molar-refractivity contribution in [2.24, 2.45) is 0 Å². The molecule has 0 aliphatic carbocycles. The lowest BCUT2D eigenvalue weighted by Crippen LogP contribution is -2.28. The quantitative estimate of drug-likeness (QED) is 0.754. The molecule has 0 radical (unpaired) electrons. The summed E-state index contributed by atoms with van der Waals surface area (Å²) in [7, 11) is 1.59. The van der Waals surface area contributed by atoms with E-state index in [2.05, 4.69) is 39.2 Å². The van der Waals surface area contributed by atoms with Crippen molar-refractivity contribution in [2.45, 2.75) is 13.5 Å². The maximum atomic E-state index is 11.9. The minimum Gasteiger partial charge on any atom is -0.383 e. The highest BCUT2D eigenvalue weighted by Gasteiger charge is 2.11. The molecule has 0 aliphatic heterocycles. The summed E-state index contributed by atoms with van der Waals surface area (Å²) in [6.45, 7) is 4.51. The topological polar surface area (TPSA) is 67.4 Å². The van der Waals surface area contributed by atoms with E-state index in [0.29, 0.717) is 24.7 Å². The molecule has 1 amide bonds. The van der Waals surface area contributed by atoms with Gasteiger partial charge >= 0.3 is 0 Å². The van der Waals surface area contributed by atoms with Gasteiger partial charge in [-0.25, -0.2) is 9.97 Å². The van der Waals surface area contributed by atoms with Crippen LogP contribution in [-0.2, 0) is 11.3 Å². The minimum absolute atomic E-state index is 0.195. The van der Waals surface area contributed by atoms with Crippen LogP contribution in [-0.4, -0.2) is 42.7 Å². The zero-order chi connectivity index (χ0) is 16.5. The van der Waals surface area contributed by atoms with Crippen LogP contribution in [0.15, 0.2) is 42.7 Å². The van der Waals surface area contributed by atoms with E-state index in [1.54, 1.807) is 19.5 Å². The zero-order valence-electron chi connectivity index (χ0n) is 13.5. The molecule has 2 aromatic rings. The van der Waals surface area contributed by atoms with E-state index in [9.17, 15) is 4.79 Å². The Kier molecular flexibility index (Phi) is 6.50. The van der Waals surface area contributed by atoms with Gasteiger partial charge in [-0.05, 0) is 12.5 Å². The fraction of sp³-hybridized carbons (Fsp3) is 0.353. The summed E-state index contributed by atoms with van der Waals surface area (Å²) in [6, 6.07) is 10.2.